The number of phenols is 1. The smallest absolute Gasteiger partial charge is 0.395 e. The van der Waals surface area contributed by atoms with Gasteiger partial charge in [-0.05, 0) is 36.3 Å². The number of aromatic hydroxyl groups is 1. The summed E-state index contributed by atoms with van der Waals surface area (Å²) in [5.74, 6) is 0.258. The number of hydrogen-bond acceptors (Lipinski definition) is 5. The number of benzene rings is 1. The Balaban J connectivity index is 3.51. The van der Waals surface area contributed by atoms with Crippen LogP contribution in [0.15, 0.2) is 24.8 Å². The molecule has 0 fully saturated rings. The summed E-state index contributed by atoms with van der Waals surface area (Å²) in [5.41, 5.74) is 0.907. The Hall–Kier alpha value is -1.29. The molecule has 2 atom stereocenters. The van der Waals surface area contributed by atoms with Crippen molar-refractivity contribution in [2.75, 3.05) is 13.2 Å². The molecule has 1 rings (SSSR count). The van der Waals surface area contributed by atoms with Crippen LogP contribution < -0.4 is 9.84 Å². The van der Waals surface area contributed by atoms with Crippen molar-refractivity contribution >= 4 is 7.60 Å². The third-order valence-corrected chi connectivity index (χ3v) is 6.90. The van der Waals surface area contributed by atoms with Crippen LogP contribution in [-0.2, 0) is 19.9 Å². The summed E-state index contributed by atoms with van der Waals surface area (Å²) in [6.07, 6.45) is 2.30. The van der Waals surface area contributed by atoms with Crippen LogP contribution in [0.2, 0.25) is 0 Å². The predicted octanol–water partition coefficient (Wildman–Crippen LogP) is 6.11. The van der Waals surface area contributed by atoms with Gasteiger partial charge in [-0.1, -0.05) is 54.5 Å². The second kappa shape index (κ2) is 9.47. The molecule has 0 heterocycles. The van der Waals surface area contributed by atoms with E-state index < -0.39 is 13.4 Å². The van der Waals surface area contributed by atoms with Gasteiger partial charge in [-0.15, -0.1) is 6.58 Å². The minimum Gasteiger partial charge on any atom is -0.507 e. The molecule has 0 saturated carbocycles. The summed E-state index contributed by atoms with van der Waals surface area (Å²) < 4.78 is 25.3. The van der Waals surface area contributed by atoms with Crippen LogP contribution in [-0.4, -0.2) is 24.0 Å². The fourth-order valence-corrected chi connectivity index (χ4v) is 4.91. The van der Waals surface area contributed by atoms with E-state index in [9.17, 15) is 9.67 Å². The Kier molecular flexibility index (Phi) is 8.37. The van der Waals surface area contributed by atoms with Gasteiger partial charge in [0.1, 0.15) is 17.3 Å². The first-order valence-corrected chi connectivity index (χ1v) is 11.6. The number of hydrogen-bond donors (Lipinski definition) is 2. The van der Waals surface area contributed by atoms with Crippen LogP contribution in [0.4, 0.5) is 0 Å². The second-order valence-electron chi connectivity index (χ2n) is 9.04. The van der Waals surface area contributed by atoms with Crippen LogP contribution >= 0.6 is 7.60 Å². The fourth-order valence-electron chi connectivity index (χ4n) is 3.01. The minimum absolute atomic E-state index is 0.260. The van der Waals surface area contributed by atoms with Gasteiger partial charge in [0.2, 0.25) is 0 Å². The lowest BCUT2D eigenvalue weighted by Gasteiger charge is -2.30. The van der Waals surface area contributed by atoms with E-state index in [0.717, 1.165) is 11.1 Å². The lowest BCUT2D eigenvalue weighted by Crippen LogP contribution is -2.31. The molecule has 6 heteroatoms. The summed E-state index contributed by atoms with van der Waals surface area (Å²) in [4.78, 5) is 0. The summed E-state index contributed by atoms with van der Waals surface area (Å²) >= 11 is 0. The van der Waals surface area contributed by atoms with Crippen LogP contribution in [0.25, 0.3) is 0 Å². The first kappa shape index (κ1) is 24.7. The van der Waals surface area contributed by atoms with Crippen LogP contribution in [0.3, 0.4) is 0 Å². The van der Waals surface area contributed by atoms with Crippen molar-refractivity contribution in [3.8, 4) is 11.5 Å². The molecule has 0 aliphatic carbocycles. The van der Waals surface area contributed by atoms with Crippen LogP contribution in [0, 0.1) is 0 Å². The van der Waals surface area contributed by atoms with Crippen molar-refractivity contribution in [3.05, 3.63) is 35.9 Å². The molecule has 0 aromatic heterocycles. The van der Waals surface area contributed by atoms with Crippen LogP contribution in [0.5, 0.6) is 11.5 Å². The summed E-state index contributed by atoms with van der Waals surface area (Å²) in [7, 11) is -3.48. The van der Waals surface area contributed by atoms with Crippen molar-refractivity contribution in [2.24, 2.45) is 0 Å². The zero-order chi connectivity index (χ0) is 21.8. The highest BCUT2D eigenvalue weighted by molar-refractivity contribution is 7.55. The van der Waals surface area contributed by atoms with E-state index in [-0.39, 0.29) is 23.2 Å². The van der Waals surface area contributed by atoms with Gasteiger partial charge >= 0.3 is 7.60 Å². The van der Waals surface area contributed by atoms with Gasteiger partial charge in [0.05, 0.1) is 6.61 Å². The Bertz CT molecular complexity index is 681. The van der Waals surface area contributed by atoms with Crippen LogP contribution in [0.1, 0.15) is 72.9 Å². The Labute approximate surface area is 171 Å². The number of rotatable bonds is 9. The molecule has 2 unspecified atom stereocenters. The van der Waals surface area contributed by atoms with Gasteiger partial charge in [-0.3, -0.25) is 9.84 Å². The van der Waals surface area contributed by atoms with Crippen molar-refractivity contribution in [1.82, 2.24) is 5.32 Å². The van der Waals surface area contributed by atoms with Gasteiger partial charge in [0.15, 0.2) is 0 Å². The maximum absolute atomic E-state index is 13.6. The highest BCUT2D eigenvalue weighted by atomic mass is 31.2. The Morgan fingerprint density at radius 2 is 1.64 bits per heavy atom. The maximum Gasteiger partial charge on any atom is 0.395 e. The van der Waals surface area contributed by atoms with Crippen molar-refractivity contribution in [3.63, 3.8) is 0 Å². The van der Waals surface area contributed by atoms with Gasteiger partial charge in [0.25, 0.3) is 0 Å². The molecule has 0 spiro atoms. The van der Waals surface area contributed by atoms with Gasteiger partial charge < -0.3 is 9.63 Å². The molecule has 0 amide bonds. The quantitative estimate of drug-likeness (QED) is 0.379. The van der Waals surface area contributed by atoms with E-state index in [0.29, 0.717) is 18.7 Å². The maximum atomic E-state index is 13.6. The van der Waals surface area contributed by atoms with E-state index in [2.05, 4.69) is 11.9 Å². The monoisotopic (exact) mass is 411 g/mol. The van der Waals surface area contributed by atoms with Gasteiger partial charge in [-0.2, -0.15) is 0 Å². The second-order valence-corrected chi connectivity index (χ2v) is 11.2. The van der Waals surface area contributed by atoms with E-state index >= 15 is 0 Å². The molecule has 2 N–H and O–H groups in total. The topological polar surface area (TPSA) is 67.8 Å². The number of nitrogens with one attached hydrogen (secondary N) is 1. The third kappa shape index (κ3) is 6.10. The van der Waals surface area contributed by atoms with Gasteiger partial charge in [0, 0.05) is 17.7 Å². The molecular weight excluding hydrogens is 373 g/mol. The summed E-state index contributed by atoms with van der Waals surface area (Å²) in [6.45, 7) is 20.4. The zero-order valence-electron chi connectivity index (χ0n) is 18.8. The van der Waals surface area contributed by atoms with Crippen molar-refractivity contribution in [2.45, 2.75) is 78.4 Å². The summed E-state index contributed by atoms with van der Waals surface area (Å²) in [5, 5.41) is 14.1. The largest absolute Gasteiger partial charge is 0.507 e. The van der Waals surface area contributed by atoms with E-state index in [1.54, 1.807) is 25.1 Å². The molecule has 160 valence electrons. The van der Waals surface area contributed by atoms with Gasteiger partial charge in [-0.25, -0.2) is 4.57 Å². The average Bonchev–Trinajstić information content (AvgIpc) is 2.55. The predicted molar refractivity (Wildman–Crippen MR) is 118 cm³/mol. The fraction of sp³-hybridized carbons (Fsp3) is 0.636. The third-order valence-electron chi connectivity index (χ3n) is 4.51. The highest BCUT2D eigenvalue weighted by Gasteiger charge is 2.37. The first-order valence-electron chi connectivity index (χ1n) is 9.96. The summed E-state index contributed by atoms with van der Waals surface area (Å²) in [6, 6.07) is 3.55. The first-order chi connectivity index (χ1) is 12.8. The normalized spacial score (nSPS) is 15.7. The highest BCUT2D eigenvalue weighted by Crippen LogP contribution is 2.54. The zero-order valence-corrected chi connectivity index (χ0v) is 19.7. The van der Waals surface area contributed by atoms with E-state index in [4.69, 9.17) is 9.05 Å². The molecule has 0 saturated heterocycles. The lowest BCUT2D eigenvalue weighted by atomic mass is 9.79. The minimum atomic E-state index is -3.48. The molecule has 0 bridgehead atoms. The molecular formula is C22H38NO4P. The average molecular weight is 412 g/mol. The lowest BCUT2D eigenvalue weighted by molar-refractivity contribution is 0.263. The number of phenolic OH excluding ortho intramolecular Hbond substituents is 1. The molecule has 28 heavy (non-hydrogen) atoms. The van der Waals surface area contributed by atoms with E-state index in [1.807, 2.05) is 48.5 Å². The molecule has 5 nitrogen and oxygen atoms in total. The molecule has 0 aliphatic heterocycles. The molecule has 1 aromatic carbocycles. The molecule has 0 aliphatic rings. The van der Waals surface area contributed by atoms with Crippen molar-refractivity contribution < 1.29 is 18.7 Å². The standard InChI is InChI=1S/C22H38NO4P/c1-10-13-23-19(11-2)28(25,26-12-3)27-16-14-17(21(4,5)6)20(24)18(15-16)22(7,8)9/h10,14-15,19,23-24H,1,11-13H2,2-9H3. The molecule has 1 aromatic rings. The Morgan fingerprint density at radius 1 is 1.14 bits per heavy atom. The SMILES string of the molecule is C=CCNC(CC)P(=O)(OCC)Oc1cc(C(C)(C)C)c(O)c(C(C)(C)C)c1. The van der Waals surface area contributed by atoms with E-state index in [1.165, 1.54) is 0 Å². The Morgan fingerprint density at radius 3 is 2.00 bits per heavy atom. The molecule has 0 radical (unpaired) electrons. The van der Waals surface area contributed by atoms with Crippen molar-refractivity contribution in [1.29, 1.82) is 0 Å².